The average Bonchev–Trinajstić information content (AvgIpc) is 2.49. The molecule has 4 nitrogen and oxygen atoms in total. The predicted octanol–water partition coefficient (Wildman–Crippen LogP) is 3.12. The summed E-state index contributed by atoms with van der Waals surface area (Å²) in [7, 11) is 0. The number of amides is 1. The Kier molecular flexibility index (Phi) is 4.35. The molecule has 0 unspecified atom stereocenters. The summed E-state index contributed by atoms with van der Waals surface area (Å²) in [5, 5.41) is 11.2. The van der Waals surface area contributed by atoms with E-state index in [1.807, 2.05) is 36.4 Å². The lowest BCUT2D eigenvalue weighted by Crippen LogP contribution is -2.31. The fourth-order valence-electron chi connectivity index (χ4n) is 1.61. The molecule has 2 aromatic carbocycles. The van der Waals surface area contributed by atoms with Gasteiger partial charge in [-0.25, -0.2) is 0 Å². The van der Waals surface area contributed by atoms with Crippen LogP contribution < -0.4 is 10.1 Å². The summed E-state index contributed by atoms with van der Waals surface area (Å²) < 4.78 is 5.63. The van der Waals surface area contributed by atoms with Gasteiger partial charge in [-0.15, -0.1) is 0 Å². The molecule has 0 fully saturated rings. The normalized spacial score (nSPS) is 11.2. The van der Waals surface area contributed by atoms with Crippen LogP contribution in [0.1, 0.15) is 17.3 Å². The summed E-state index contributed by atoms with van der Waals surface area (Å²) in [4.78, 5) is 11.8. The number of hydrogen-bond acceptors (Lipinski definition) is 3. The number of nitrogens with zero attached hydrogens (tertiary/aromatic N) is 1. The zero-order valence-corrected chi connectivity index (χ0v) is 11.0. The van der Waals surface area contributed by atoms with Gasteiger partial charge in [-0.3, -0.25) is 4.79 Å². The van der Waals surface area contributed by atoms with Crippen molar-refractivity contribution < 1.29 is 9.53 Å². The molecule has 100 valence electrons. The van der Waals surface area contributed by atoms with Crippen molar-refractivity contribution in [3.05, 3.63) is 60.2 Å². The molecule has 2 aromatic rings. The Morgan fingerprint density at radius 2 is 1.70 bits per heavy atom. The lowest BCUT2D eigenvalue weighted by molar-refractivity contribution is 0.0948. The number of benzene rings is 2. The van der Waals surface area contributed by atoms with Crippen molar-refractivity contribution in [2.24, 2.45) is 0 Å². The van der Waals surface area contributed by atoms with Crippen LogP contribution in [0.25, 0.3) is 0 Å². The molecule has 0 saturated carbocycles. The molecule has 4 heteroatoms. The van der Waals surface area contributed by atoms with Crippen molar-refractivity contribution in [3.63, 3.8) is 0 Å². The van der Waals surface area contributed by atoms with Gasteiger partial charge in [-0.05, 0) is 43.3 Å². The molecule has 20 heavy (non-hydrogen) atoms. The van der Waals surface area contributed by atoms with E-state index in [0.29, 0.717) is 11.3 Å². The average molecular weight is 266 g/mol. The maximum atomic E-state index is 11.8. The third kappa shape index (κ3) is 3.59. The van der Waals surface area contributed by atoms with E-state index in [9.17, 15) is 4.79 Å². The van der Waals surface area contributed by atoms with Gasteiger partial charge in [0.1, 0.15) is 17.5 Å². The van der Waals surface area contributed by atoms with Crippen molar-refractivity contribution in [1.29, 1.82) is 5.26 Å². The third-order valence-electron chi connectivity index (χ3n) is 2.64. The minimum Gasteiger partial charge on any atom is -0.457 e. The molecular formula is C16H14N2O2. The number of hydrogen-bond donors (Lipinski definition) is 1. The lowest BCUT2D eigenvalue weighted by atomic mass is 10.2. The molecule has 1 amide bonds. The Morgan fingerprint density at radius 3 is 2.30 bits per heavy atom. The number of carbonyl (C=O) groups excluding carboxylic acids is 1. The number of nitriles is 1. The maximum Gasteiger partial charge on any atom is 0.252 e. The van der Waals surface area contributed by atoms with E-state index in [0.717, 1.165) is 5.75 Å². The van der Waals surface area contributed by atoms with Gasteiger partial charge in [-0.2, -0.15) is 5.26 Å². The van der Waals surface area contributed by atoms with Crippen molar-refractivity contribution in [2.45, 2.75) is 13.0 Å². The van der Waals surface area contributed by atoms with Crippen LogP contribution in [0.2, 0.25) is 0 Å². The summed E-state index contributed by atoms with van der Waals surface area (Å²) in [5.41, 5.74) is 0.493. The summed E-state index contributed by atoms with van der Waals surface area (Å²) in [6.07, 6.45) is 0. The lowest BCUT2D eigenvalue weighted by Gasteiger charge is -2.08. The quantitative estimate of drug-likeness (QED) is 0.924. The summed E-state index contributed by atoms with van der Waals surface area (Å²) >= 11 is 0. The van der Waals surface area contributed by atoms with Crippen LogP contribution in [0.15, 0.2) is 54.6 Å². The van der Waals surface area contributed by atoms with E-state index in [1.54, 1.807) is 31.2 Å². The van der Waals surface area contributed by atoms with E-state index in [4.69, 9.17) is 10.00 Å². The molecule has 2 rings (SSSR count). The Balaban J connectivity index is 2.03. The van der Waals surface area contributed by atoms with Gasteiger partial charge in [0.25, 0.3) is 5.91 Å². The monoisotopic (exact) mass is 266 g/mol. The molecule has 0 aromatic heterocycles. The van der Waals surface area contributed by atoms with E-state index >= 15 is 0 Å². The van der Waals surface area contributed by atoms with Gasteiger partial charge >= 0.3 is 0 Å². The largest absolute Gasteiger partial charge is 0.457 e. The third-order valence-corrected chi connectivity index (χ3v) is 2.64. The number of para-hydroxylation sites is 1. The first-order valence-corrected chi connectivity index (χ1v) is 6.22. The van der Waals surface area contributed by atoms with Crippen molar-refractivity contribution in [1.82, 2.24) is 5.32 Å². The summed E-state index contributed by atoms with van der Waals surface area (Å²) in [6, 6.07) is 17.6. The van der Waals surface area contributed by atoms with E-state index in [1.165, 1.54) is 0 Å². The fraction of sp³-hybridized carbons (Fsp3) is 0.125. The molecule has 0 spiro atoms. The van der Waals surface area contributed by atoms with Crippen LogP contribution >= 0.6 is 0 Å². The Hall–Kier alpha value is -2.80. The first kappa shape index (κ1) is 13.6. The Morgan fingerprint density at radius 1 is 1.10 bits per heavy atom. The molecule has 1 N–H and O–H groups in total. The SMILES string of the molecule is C[C@@H](C#N)NC(=O)c1ccc(Oc2ccccc2)cc1. The maximum absolute atomic E-state index is 11.8. The highest BCUT2D eigenvalue weighted by Gasteiger charge is 2.08. The van der Waals surface area contributed by atoms with Crippen LogP contribution in [0.4, 0.5) is 0 Å². The number of carbonyl (C=O) groups is 1. The van der Waals surface area contributed by atoms with E-state index in [-0.39, 0.29) is 5.91 Å². The molecule has 1 atom stereocenters. The topological polar surface area (TPSA) is 62.1 Å². The van der Waals surface area contributed by atoms with Crippen LogP contribution in [0, 0.1) is 11.3 Å². The van der Waals surface area contributed by atoms with Crippen molar-refractivity contribution in [3.8, 4) is 17.6 Å². The van der Waals surface area contributed by atoms with E-state index < -0.39 is 6.04 Å². The Labute approximate surface area is 117 Å². The van der Waals surface area contributed by atoms with Gasteiger partial charge in [0.15, 0.2) is 0 Å². The van der Waals surface area contributed by atoms with Gasteiger partial charge in [0, 0.05) is 5.56 Å². The van der Waals surface area contributed by atoms with Crippen LogP contribution in [0.5, 0.6) is 11.5 Å². The Bertz CT molecular complexity index is 615. The predicted molar refractivity (Wildman–Crippen MR) is 75.5 cm³/mol. The van der Waals surface area contributed by atoms with Crippen LogP contribution in [-0.2, 0) is 0 Å². The second kappa shape index (κ2) is 6.39. The number of nitrogens with one attached hydrogen (secondary N) is 1. The number of rotatable bonds is 4. The molecular weight excluding hydrogens is 252 g/mol. The van der Waals surface area contributed by atoms with E-state index in [2.05, 4.69) is 5.32 Å². The highest BCUT2D eigenvalue weighted by Crippen LogP contribution is 2.21. The van der Waals surface area contributed by atoms with Gasteiger partial charge in [-0.1, -0.05) is 18.2 Å². The zero-order valence-electron chi connectivity index (χ0n) is 11.0. The standard InChI is InChI=1S/C16H14N2O2/c1-12(11-17)18-16(19)13-7-9-15(10-8-13)20-14-5-3-2-4-6-14/h2-10,12H,1H3,(H,18,19)/t12-/m0/s1. The second-order valence-electron chi connectivity index (χ2n) is 4.26. The molecule has 0 aliphatic heterocycles. The molecule has 0 radical (unpaired) electrons. The van der Waals surface area contributed by atoms with Crippen LogP contribution in [0.3, 0.4) is 0 Å². The first-order valence-electron chi connectivity index (χ1n) is 6.22. The molecule has 0 saturated heterocycles. The smallest absolute Gasteiger partial charge is 0.252 e. The molecule has 0 aliphatic rings. The summed E-state index contributed by atoms with van der Waals surface area (Å²) in [5.74, 6) is 1.12. The minimum absolute atomic E-state index is 0.273. The van der Waals surface area contributed by atoms with Crippen molar-refractivity contribution in [2.75, 3.05) is 0 Å². The van der Waals surface area contributed by atoms with Gasteiger partial charge in [0.05, 0.1) is 6.07 Å². The fourth-order valence-corrected chi connectivity index (χ4v) is 1.61. The molecule has 0 aliphatic carbocycles. The summed E-state index contributed by atoms with van der Waals surface area (Å²) in [6.45, 7) is 1.63. The number of ether oxygens (including phenoxy) is 1. The van der Waals surface area contributed by atoms with Gasteiger partial charge in [0.2, 0.25) is 0 Å². The highest BCUT2D eigenvalue weighted by atomic mass is 16.5. The highest BCUT2D eigenvalue weighted by molar-refractivity contribution is 5.94. The minimum atomic E-state index is -0.511. The zero-order chi connectivity index (χ0) is 14.4. The van der Waals surface area contributed by atoms with Crippen LogP contribution in [-0.4, -0.2) is 11.9 Å². The first-order chi connectivity index (χ1) is 9.69. The second-order valence-corrected chi connectivity index (χ2v) is 4.26. The van der Waals surface area contributed by atoms with Gasteiger partial charge < -0.3 is 10.1 Å². The van der Waals surface area contributed by atoms with Crippen molar-refractivity contribution >= 4 is 5.91 Å². The molecule has 0 heterocycles. The molecule has 0 bridgehead atoms.